The summed E-state index contributed by atoms with van der Waals surface area (Å²) in [5.41, 5.74) is 3.39. The molecule has 0 saturated heterocycles. The Hall–Kier alpha value is -1.87. The monoisotopic (exact) mass is 354 g/mol. The number of hydrazine groups is 1. The van der Waals surface area contributed by atoms with Crippen LogP contribution in [0.25, 0.3) is 10.2 Å². The Morgan fingerprint density at radius 1 is 1.18 bits per heavy atom. The minimum Gasteiger partial charge on any atom is -0.300 e. The number of hydrogen-bond donors (Lipinski definition) is 3. The number of sulfonamides is 1. The summed E-state index contributed by atoms with van der Waals surface area (Å²) in [6.45, 7) is 0. The fourth-order valence-corrected chi connectivity index (χ4v) is 4.14. The van der Waals surface area contributed by atoms with Gasteiger partial charge in [0.25, 0.3) is 10.0 Å². The summed E-state index contributed by atoms with van der Waals surface area (Å²) >= 11 is 7.43. The van der Waals surface area contributed by atoms with Crippen LogP contribution in [0.15, 0.2) is 47.4 Å². The van der Waals surface area contributed by atoms with Gasteiger partial charge < -0.3 is 0 Å². The Balaban J connectivity index is 2.01. The molecule has 4 N–H and O–H groups in total. The average molecular weight is 355 g/mol. The van der Waals surface area contributed by atoms with Crippen LogP contribution in [0, 0.1) is 0 Å². The number of fused-ring (bicyclic) bond motifs is 1. The second-order valence-corrected chi connectivity index (χ2v) is 7.51. The molecule has 0 radical (unpaired) electrons. The van der Waals surface area contributed by atoms with Crippen LogP contribution in [0.2, 0.25) is 5.02 Å². The molecule has 0 aliphatic carbocycles. The predicted octanol–water partition coefficient (Wildman–Crippen LogP) is 3.04. The van der Waals surface area contributed by atoms with Crippen LogP contribution in [0.3, 0.4) is 0 Å². The number of rotatable bonds is 4. The zero-order valence-corrected chi connectivity index (χ0v) is 13.5. The first kappa shape index (κ1) is 15.0. The van der Waals surface area contributed by atoms with E-state index in [4.69, 9.17) is 17.4 Å². The minimum absolute atomic E-state index is 0.180. The first-order chi connectivity index (χ1) is 10.5. The highest BCUT2D eigenvalue weighted by Crippen LogP contribution is 2.34. The van der Waals surface area contributed by atoms with Gasteiger partial charge in [-0.2, -0.15) is 0 Å². The molecular weight excluding hydrogens is 344 g/mol. The topological polar surface area (TPSA) is 97.1 Å². The molecule has 0 unspecified atom stereocenters. The standard InChI is InChI=1S/C13H11ClN4O2S2/c14-10-6-8(7-11-12(10)16-13(17-15)21-11)18-22(19,20)9-4-2-1-3-5-9/h1-7,18H,15H2,(H,16,17). The maximum atomic E-state index is 12.3. The number of halogens is 1. The van der Waals surface area contributed by atoms with E-state index in [1.54, 1.807) is 24.3 Å². The lowest BCUT2D eigenvalue weighted by molar-refractivity contribution is 0.601. The zero-order chi connectivity index (χ0) is 15.7. The van der Waals surface area contributed by atoms with Crippen molar-refractivity contribution in [3.63, 3.8) is 0 Å². The molecule has 22 heavy (non-hydrogen) atoms. The number of nitrogen functional groups attached to an aromatic ring is 1. The highest BCUT2D eigenvalue weighted by molar-refractivity contribution is 7.92. The maximum Gasteiger partial charge on any atom is 0.261 e. The molecule has 6 nitrogen and oxygen atoms in total. The van der Waals surface area contributed by atoms with E-state index < -0.39 is 10.0 Å². The number of aromatic nitrogens is 1. The third kappa shape index (κ3) is 2.86. The summed E-state index contributed by atoms with van der Waals surface area (Å²) < 4.78 is 27.9. The van der Waals surface area contributed by atoms with Crippen LogP contribution in [-0.4, -0.2) is 13.4 Å². The molecule has 3 rings (SSSR count). The highest BCUT2D eigenvalue weighted by Gasteiger charge is 2.15. The van der Waals surface area contributed by atoms with Crippen LogP contribution in [0.4, 0.5) is 10.8 Å². The minimum atomic E-state index is -3.66. The number of nitrogens with one attached hydrogen (secondary N) is 2. The molecule has 9 heteroatoms. The Kier molecular flexibility index (Phi) is 3.92. The van der Waals surface area contributed by atoms with Crippen molar-refractivity contribution < 1.29 is 8.42 Å². The molecule has 0 saturated carbocycles. The quantitative estimate of drug-likeness (QED) is 0.494. The Morgan fingerprint density at radius 2 is 1.91 bits per heavy atom. The Bertz CT molecular complexity index is 926. The second kappa shape index (κ2) is 5.73. The molecule has 1 aromatic heterocycles. The van der Waals surface area contributed by atoms with Crippen molar-refractivity contribution in [1.82, 2.24) is 4.98 Å². The second-order valence-electron chi connectivity index (χ2n) is 4.39. The van der Waals surface area contributed by atoms with E-state index in [0.29, 0.717) is 21.4 Å². The Morgan fingerprint density at radius 3 is 2.59 bits per heavy atom. The fraction of sp³-hybridized carbons (Fsp3) is 0. The van der Waals surface area contributed by atoms with E-state index in [2.05, 4.69) is 15.1 Å². The summed E-state index contributed by atoms with van der Waals surface area (Å²) in [6, 6.07) is 11.3. The van der Waals surface area contributed by atoms with E-state index in [9.17, 15) is 8.42 Å². The van der Waals surface area contributed by atoms with E-state index >= 15 is 0 Å². The number of benzene rings is 2. The van der Waals surface area contributed by atoms with Crippen molar-refractivity contribution in [3.05, 3.63) is 47.5 Å². The number of nitrogens with zero attached hydrogens (tertiary/aromatic N) is 1. The highest BCUT2D eigenvalue weighted by atomic mass is 35.5. The smallest absolute Gasteiger partial charge is 0.261 e. The first-order valence-electron chi connectivity index (χ1n) is 6.14. The van der Waals surface area contributed by atoms with Crippen molar-refractivity contribution in [2.75, 3.05) is 10.1 Å². The molecule has 0 amide bonds. The van der Waals surface area contributed by atoms with Crippen molar-refractivity contribution in [2.45, 2.75) is 4.90 Å². The van der Waals surface area contributed by atoms with E-state index in [1.165, 1.54) is 29.5 Å². The van der Waals surface area contributed by atoms with E-state index in [1.807, 2.05) is 0 Å². The number of nitrogens with two attached hydrogens (primary N) is 1. The molecule has 3 aromatic rings. The van der Waals surface area contributed by atoms with E-state index in [-0.39, 0.29) is 4.90 Å². The van der Waals surface area contributed by atoms with Gasteiger partial charge in [-0.1, -0.05) is 41.1 Å². The van der Waals surface area contributed by atoms with E-state index in [0.717, 1.165) is 4.70 Å². The van der Waals surface area contributed by atoms with Gasteiger partial charge >= 0.3 is 0 Å². The van der Waals surface area contributed by atoms with Crippen molar-refractivity contribution in [3.8, 4) is 0 Å². The van der Waals surface area contributed by atoms with Gasteiger partial charge in [-0.3, -0.25) is 10.1 Å². The summed E-state index contributed by atoms with van der Waals surface area (Å²) in [6.07, 6.45) is 0. The molecule has 0 fully saturated rings. The molecule has 0 bridgehead atoms. The summed E-state index contributed by atoms with van der Waals surface area (Å²) in [5, 5.41) is 0.848. The van der Waals surface area contributed by atoms with Gasteiger partial charge in [0.1, 0.15) is 5.52 Å². The van der Waals surface area contributed by atoms with Gasteiger partial charge in [0.15, 0.2) is 5.13 Å². The van der Waals surface area contributed by atoms with Gasteiger partial charge in [0.05, 0.1) is 20.3 Å². The maximum absolute atomic E-state index is 12.3. The van der Waals surface area contributed by atoms with Gasteiger partial charge in [-0.05, 0) is 24.3 Å². The lowest BCUT2D eigenvalue weighted by Crippen LogP contribution is -2.12. The number of thiazole rings is 1. The van der Waals surface area contributed by atoms with Gasteiger partial charge in [0.2, 0.25) is 0 Å². The molecular formula is C13H11ClN4O2S2. The van der Waals surface area contributed by atoms with Gasteiger partial charge in [0, 0.05) is 0 Å². The molecule has 0 atom stereocenters. The summed E-state index contributed by atoms with van der Waals surface area (Å²) in [4.78, 5) is 4.38. The normalized spacial score (nSPS) is 11.5. The predicted molar refractivity (Wildman–Crippen MR) is 89.7 cm³/mol. The van der Waals surface area contributed by atoms with Crippen LogP contribution in [-0.2, 0) is 10.0 Å². The summed E-state index contributed by atoms with van der Waals surface area (Å²) in [5.74, 6) is 5.32. The Labute approximate surface area is 136 Å². The molecule has 1 heterocycles. The molecule has 114 valence electrons. The zero-order valence-electron chi connectivity index (χ0n) is 11.1. The number of anilines is 2. The third-order valence-corrected chi connectivity index (χ3v) is 5.50. The summed E-state index contributed by atoms with van der Waals surface area (Å²) in [7, 11) is -3.66. The fourth-order valence-electron chi connectivity index (χ4n) is 1.92. The molecule has 0 aliphatic rings. The van der Waals surface area contributed by atoms with Crippen LogP contribution >= 0.6 is 22.9 Å². The SMILES string of the molecule is NNc1nc2c(Cl)cc(NS(=O)(=O)c3ccccc3)cc2s1. The van der Waals surface area contributed by atoms with Gasteiger partial charge in [-0.15, -0.1) is 0 Å². The van der Waals surface area contributed by atoms with Crippen molar-refractivity contribution in [1.29, 1.82) is 0 Å². The molecule has 2 aromatic carbocycles. The van der Waals surface area contributed by atoms with Crippen LogP contribution < -0.4 is 16.0 Å². The lowest BCUT2D eigenvalue weighted by atomic mass is 10.3. The van der Waals surface area contributed by atoms with Crippen LogP contribution in [0.1, 0.15) is 0 Å². The van der Waals surface area contributed by atoms with Gasteiger partial charge in [-0.25, -0.2) is 19.2 Å². The van der Waals surface area contributed by atoms with Crippen LogP contribution in [0.5, 0.6) is 0 Å². The lowest BCUT2D eigenvalue weighted by Gasteiger charge is -2.08. The number of hydrogen-bond acceptors (Lipinski definition) is 6. The average Bonchev–Trinajstić information content (AvgIpc) is 2.91. The van der Waals surface area contributed by atoms with Crippen molar-refractivity contribution >= 4 is 54.0 Å². The largest absolute Gasteiger partial charge is 0.300 e. The third-order valence-electron chi connectivity index (χ3n) is 2.88. The molecule has 0 spiro atoms. The molecule has 0 aliphatic heterocycles. The first-order valence-corrected chi connectivity index (χ1v) is 8.82. The van der Waals surface area contributed by atoms with Crippen molar-refractivity contribution in [2.24, 2.45) is 5.84 Å².